The molecule has 2 aliphatic heterocycles. The smallest absolute Gasteiger partial charge is 0.338 e. The van der Waals surface area contributed by atoms with Gasteiger partial charge in [-0.25, -0.2) is 9.59 Å². The SMILES string of the molecule is CCOC(=O)C1=C(CN2CCN(C(=O)c3ccco3)C(C)C2)N(C)C(=O)NC1c1ccsc1. The van der Waals surface area contributed by atoms with Gasteiger partial charge in [0.2, 0.25) is 0 Å². The maximum absolute atomic E-state index is 13.0. The Morgan fingerprint density at radius 2 is 2.12 bits per heavy atom. The Morgan fingerprint density at radius 1 is 1.30 bits per heavy atom. The van der Waals surface area contributed by atoms with E-state index in [1.165, 1.54) is 22.5 Å². The first-order valence-corrected chi connectivity index (χ1v) is 11.9. The molecule has 4 rings (SSSR count). The fourth-order valence-corrected chi connectivity index (χ4v) is 5.01. The van der Waals surface area contributed by atoms with Gasteiger partial charge < -0.3 is 19.4 Å². The number of carbonyl (C=O) groups excluding carboxylic acids is 3. The Bertz CT molecular complexity index is 1030. The molecule has 0 saturated carbocycles. The van der Waals surface area contributed by atoms with E-state index in [-0.39, 0.29) is 24.6 Å². The van der Waals surface area contributed by atoms with Crippen LogP contribution in [0.2, 0.25) is 0 Å². The number of nitrogens with zero attached hydrogens (tertiary/aromatic N) is 3. The van der Waals surface area contributed by atoms with Crippen molar-refractivity contribution < 1.29 is 23.5 Å². The minimum Gasteiger partial charge on any atom is -0.463 e. The first-order valence-electron chi connectivity index (χ1n) is 10.9. The van der Waals surface area contributed by atoms with Crippen molar-refractivity contribution in [2.45, 2.75) is 25.9 Å². The van der Waals surface area contributed by atoms with E-state index in [2.05, 4.69) is 10.2 Å². The average Bonchev–Trinajstić information content (AvgIpc) is 3.51. The van der Waals surface area contributed by atoms with Gasteiger partial charge in [0.15, 0.2) is 5.76 Å². The van der Waals surface area contributed by atoms with Crippen LogP contribution in [0.15, 0.2) is 50.9 Å². The number of urea groups is 1. The highest BCUT2D eigenvalue weighted by atomic mass is 32.1. The van der Waals surface area contributed by atoms with Crippen LogP contribution in [0, 0.1) is 0 Å². The molecule has 2 aromatic heterocycles. The molecule has 0 aromatic carbocycles. The summed E-state index contributed by atoms with van der Waals surface area (Å²) in [6.45, 7) is 6.12. The van der Waals surface area contributed by atoms with Crippen LogP contribution in [0.4, 0.5) is 4.79 Å². The number of ether oxygens (including phenoxy) is 1. The van der Waals surface area contributed by atoms with Crippen LogP contribution in [0.5, 0.6) is 0 Å². The number of amides is 3. The van der Waals surface area contributed by atoms with Gasteiger partial charge in [-0.3, -0.25) is 14.6 Å². The third-order valence-corrected chi connectivity index (χ3v) is 6.73. The van der Waals surface area contributed by atoms with E-state index >= 15 is 0 Å². The fraction of sp³-hybridized carbons (Fsp3) is 0.435. The summed E-state index contributed by atoms with van der Waals surface area (Å²) in [5.74, 6) is -0.245. The van der Waals surface area contributed by atoms with Crippen molar-refractivity contribution in [3.8, 4) is 0 Å². The van der Waals surface area contributed by atoms with E-state index in [9.17, 15) is 14.4 Å². The fourth-order valence-electron chi connectivity index (χ4n) is 4.32. The minimum atomic E-state index is -0.562. The van der Waals surface area contributed by atoms with Gasteiger partial charge in [0.05, 0.1) is 24.5 Å². The van der Waals surface area contributed by atoms with Crippen LogP contribution in [-0.4, -0.2) is 78.5 Å². The van der Waals surface area contributed by atoms with Crippen LogP contribution >= 0.6 is 11.3 Å². The van der Waals surface area contributed by atoms with Gasteiger partial charge in [0.25, 0.3) is 5.91 Å². The van der Waals surface area contributed by atoms with Crippen molar-refractivity contribution in [2.75, 3.05) is 39.8 Å². The molecule has 2 aliphatic rings. The van der Waals surface area contributed by atoms with Crippen LogP contribution in [-0.2, 0) is 9.53 Å². The first kappa shape index (κ1) is 23.1. The molecular formula is C23H28N4O5S. The highest BCUT2D eigenvalue weighted by molar-refractivity contribution is 7.08. The van der Waals surface area contributed by atoms with Gasteiger partial charge >= 0.3 is 12.0 Å². The molecule has 2 aromatic rings. The number of furan rings is 1. The molecule has 0 aliphatic carbocycles. The molecule has 4 heterocycles. The highest BCUT2D eigenvalue weighted by Crippen LogP contribution is 2.32. The Hall–Kier alpha value is -3.11. The predicted octanol–water partition coefficient (Wildman–Crippen LogP) is 2.70. The molecule has 1 saturated heterocycles. The molecule has 1 N–H and O–H groups in total. The topological polar surface area (TPSA) is 95.3 Å². The van der Waals surface area contributed by atoms with Crippen LogP contribution in [0.1, 0.15) is 36.0 Å². The monoisotopic (exact) mass is 472 g/mol. The summed E-state index contributed by atoms with van der Waals surface area (Å²) in [5, 5.41) is 6.77. The van der Waals surface area contributed by atoms with Crippen molar-refractivity contribution in [3.05, 3.63) is 57.8 Å². The maximum Gasteiger partial charge on any atom is 0.338 e. The van der Waals surface area contributed by atoms with Crippen molar-refractivity contribution in [3.63, 3.8) is 0 Å². The third-order valence-electron chi connectivity index (χ3n) is 6.03. The Balaban J connectivity index is 1.58. The second-order valence-electron chi connectivity index (χ2n) is 8.14. The van der Waals surface area contributed by atoms with E-state index in [1.54, 1.807) is 31.0 Å². The van der Waals surface area contributed by atoms with Gasteiger partial charge in [0, 0.05) is 45.0 Å². The summed E-state index contributed by atoms with van der Waals surface area (Å²) in [6, 6.07) is 4.38. The Kier molecular flexibility index (Phi) is 6.85. The molecule has 1 fully saturated rings. The number of likely N-dealkylation sites (N-methyl/N-ethyl adjacent to an activating group) is 1. The zero-order chi connectivity index (χ0) is 23.5. The predicted molar refractivity (Wildman–Crippen MR) is 123 cm³/mol. The highest BCUT2D eigenvalue weighted by Gasteiger charge is 2.38. The summed E-state index contributed by atoms with van der Waals surface area (Å²) in [6.07, 6.45) is 1.49. The number of nitrogens with one attached hydrogen (secondary N) is 1. The molecule has 0 bridgehead atoms. The van der Waals surface area contributed by atoms with Gasteiger partial charge in [-0.15, -0.1) is 0 Å². The first-order chi connectivity index (χ1) is 15.9. The summed E-state index contributed by atoms with van der Waals surface area (Å²) < 4.78 is 10.6. The number of piperazine rings is 1. The number of esters is 1. The van der Waals surface area contributed by atoms with Gasteiger partial charge in [-0.1, -0.05) is 0 Å². The number of thiophene rings is 1. The van der Waals surface area contributed by atoms with Crippen molar-refractivity contribution >= 4 is 29.2 Å². The summed E-state index contributed by atoms with van der Waals surface area (Å²) >= 11 is 1.51. The van der Waals surface area contributed by atoms with Crippen molar-refractivity contribution in [2.24, 2.45) is 0 Å². The van der Waals surface area contributed by atoms with Gasteiger partial charge in [-0.05, 0) is 48.4 Å². The lowest BCUT2D eigenvalue weighted by Gasteiger charge is -2.42. The quantitative estimate of drug-likeness (QED) is 0.650. The van der Waals surface area contributed by atoms with Crippen LogP contribution in [0.25, 0.3) is 0 Å². The standard InChI is InChI=1S/C23H28N4O5S/c1-4-31-22(29)19-17(25(3)23(30)24-20(19)16-7-11-33-14-16)13-26-8-9-27(15(2)12-26)21(28)18-6-5-10-32-18/h5-7,10-11,14-15,20H,4,8-9,12-13H2,1-3H3,(H,24,30). The van der Waals surface area contributed by atoms with Crippen LogP contribution < -0.4 is 5.32 Å². The van der Waals surface area contributed by atoms with Crippen molar-refractivity contribution in [1.29, 1.82) is 0 Å². The molecule has 0 radical (unpaired) electrons. The number of hydrogen-bond donors (Lipinski definition) is 1. The molecule has 33 heavy (non-hydrogen) atoms. The largest absolute Gasteiger partial charge is 0.463 e. The maximum atomic E-state index is 13.0. The zero-order valence-electron chi connectivity index (χ0n) is 18.9. The molecule has 2 atom stereocenters. The number of hydrogen-bond acceptors (Lipinski definition) is 7. The van der Waals surface area contributed by atoms with Gasteiger partial charge in [0.1, 0.15) is 0 Å². The number of rotatable bonds is 6. The number of carbonyl (C=O) groups is 3. The second kappa shape index (κ2) is 9.80. The van der Waals surface area contributed by atoms with Crippen LogP contribution in [0.3, 0.4) is 0 Å². The van der Waals surface area contributed by atoms with E-state index < -0.39 is 12.0 Å². The minimum absolute atomic E-state index is 0.0570. The lowest BCUT2D eigenvalue weighted by Crippen LogP contribution is -2.56. The molecule has 176 valence electrons. The van der Waals surface area contributed by atoms with E-state index in [0.717, 1.165) is 5.56 Å². The Labute approximate surface area is 196 Å². The van der Waals surface area contributed by atoms with E-state index in [1.807, 2.05) is 23.8 Å². The molecule has 10 heteroatoms. The molecular weight excluding hydrogens is 444 g/mol. The summed E-state index contributed by atoms with van der Waals surface area (Å²) in [4.78, 5) is 43.9. The van der Waals surface area contributed by atoms with Gasteiger partial charge in [-0.2, -0.15) is 11.3 Å². The molecule has 3 amide bonds. The van der Waals surface area contributed by atoms with E-state index in [0.29, 0.717) is 43.2 Å². The lowest BCUT2D eigenvalue weighted by atomic mass is 9.96. The molecule has 9 nitrogen and oxygen atoms in total. The average molecular weight is 473 g/mol. The molecule has 2 unspecified atom stereocenters. The summed E-state index contributed by atoms with van der Waals surface area (Å²) in [5.41, 5.74) is 1.91. The Morgan fingerprint density at radius 3 is 2.76 bits per heavy atom. The zero-order valence-corrected chi connectivity index (χ0v) is 19.8. The van der Waals surface area contributed by atoms with Crippen molar-refractivity contribution in [1.82, 2.24) is 20.0 Å². The second-order valence-corrected chi connectivity index (χ2v) is 8.92. The third kappa shape index (κ3) is 4.67. The van der Waals surface area contributed by atoms with E-state index in [4.69, 9.17) is 9.15 Å². The normalized spacial score (nSPS) is 21.8. The summed E-state index contributed by atoms with van der Waals surface area (Å²) in [7, 11) is 1.66. The lowest BCUT2D eigenvalue weighted by molar-refractivity contribution is -0.139. The molecule has 0 spiro atoms.